The summed E-state index contributed by atoms with van der Waals surface area (Å²) in [5.74, 6) is -0.579. The Morgan fingerprint density at radius 1 is 1.08 bits per heavy atom. The number of carbonyl (C=O) groups is 3. The van der Waals surface area contributed by atoms with E-state index in [0.29, 0.717) is 36.2 Å². The summed E-state index contributed by atoms with van der Waals surface area (Å²) in [5.41, 5.74) is 1.31. The maximum absolute atomic E-state index is 12.6. The van der Waals surface area contributed by atoms with Crippen molar-refractivity contribution >= 4 is 39.3 Å². The molecule has 134 valence electrons. The summed E-state index contributed by atoms with van der Waals surface area (Å²) in [6.45, 7) is 0.414. The Labute approximate surface area is 159 Å². The summed E-state index contributed by atoms with van der Waals surface area (Å²) in [5, 5.41) is 8.43. The third kappa shape index (κ3) is 4.49. The number of nitrogens with one attached hydrogen (secondary N) is 3. The molecule has 1 heterocycles. The van der Waals surface area contributed by atoms with Crippen LogP contribution in [0.25, 0.3) is 0 Å². The van der Waals surface area contributed by atoms with Crippen molar-refractivity contribution in [1.82, 2.24) is 10.6 Å². The third-order valence-electron chi connectivity index (χ3n) is 4.11. The van der Waals surface area contributed by atoms with E-state index in [2.05, 4.69) is 31.9 Å². The van der Waals surface area contributed by atoms with Crippen molar-refractivity contribution in [2.75, 3.05) is 11.9 Å². The quantitative estimate of drug-likeness (QED) is 0.717. The Hall–Kier alpha value is -2.67. The molecule has 26 heavy (non-hydrogen) atoms. The van der Waals surface area contributed by atoms with E-state index < -0.39 is 0 Å². The van der Waals surface area contributed by atoms with Gasteiger partial charge in [-0.15, -0.1) is 0 Å². The van der Waals surface area contributed by atoms with E-state index in [9.17, 15) is 14.4 Å². The minimum absolute atomic E-state index is 0.00261. The fourth-order valence-corrected chi connectivity index (χ4v) is 3.13. The van der Waals surface area contributed by atoms with Crippen LogP contribution >= 0.6 is 15.9 Å². The molecule has 0 bridgehead atoms. The SMILES string of the molecule is O=C1CCC(NC(=O)c2ccccc2NC(=O)c2cccc(Br)c2)CN1. The molecule has 0 saturated carbocycles. The molecule has 1 aliphatic rings. The molecule has 1 aliphatic heterocycles. The molecule has 2 aromatic carbocycles. The molecule has 1 unspecified atom stereocenters. The molecule has 3 rings (SSSR count). The molecular formula is C19H18BrN3O3. The molecule has 1 saturated heterocycles. The molecule has 3 amide bonds. The van der Waals surface area contributed by atoms with Crippen LogP contribution < -0.4 is 16.0 Å². The van der Waals surface area contributed by atoms with Crippen LogP contribution in [-0.2, 0) is 4.79 Å². The Bertz CT molecular complexity index is 843. The second-order valence-electron chi connectivity index (χ2n) is 6.02. The summed E-state index contributed by atoms with van der Waals surface area (Å²) in [7, 11) is 0. The zero-order chi connectivity index (χ0) is 18.5. The number of halogens is 1. The van der Waals surface area contributed by atoms with Crippen LogP contribution in [0.1, 0.15) is 33.6 Å². The lowest BCUT2D eigenvalue weighted by Crippen LogP contribution is -2.47. The van der Waals surface area contributed by atoms with Crippen molar-refractivity contribution in [3.05, 3.63) is 64.1 Å². The highest BCUT2D eigenvalue weighted by Gasteiger charge is 2.21. The molecule has 0 radical (unpaired) electrons. The van der Waals surface area contributed by atoms with E-state index in [1.807, 2.05) is 6.07 Å². The first-order valence-corrected chi connectivity index (χ1v) is 9.06. The molecule has 2 aromatic rings. The number of carbonyl (C=O) groups excluding carboxylic acids is 3. The zero-order valence-electron chi connectivity index (χ0n) is 13.9. The molecule has 3 N–H and O–H groups in total. The van der Waals surface area contributed by atoms with Crippen molar-refractivity contribution in [1.29, 1.82) is 0 Å². The molecule has 0 aliphatic carbocycles. The average Bonchev–Trinajstić information content (AvgIpc) is 2.64. The number of rotatable bonds is 4. The predicted octanol–water partition coefficient (Wildman–Crippen LogP) is 2.71. The van der Waals surface area contributed by atoms with Crippen LogP contribution in [-0.4, -0.2) is 30.3 Å². The summed E-state index contributed by atoms with van der Waals surface area (Å²) < 4.78 is 0.801. The fraction of sp³-hybridized carbons (Fsp3) is 0.211. The van der Waals surface area contributed by atoms with Gasteiger partial charge in [-0.25, -0.2) is 0 Å². The number of amides is 3. The Morgan fingerprint density at radius 3 is 2.62 bits per heavy atom. The van der Waals surface area contributed by atoms with Gasteiger partial charge in [0.1, 0.15) is 0 Å². The fourth-order valence-electron chi connectivity index (χ4n) is 2.73. The zero-order valence-corrected chi connectivity index (χ0v) is 15.5. The van der Waals surface area contributed by atoms with Crippen LogP contribution in [0.2, 0.25) is 0 Å². The van der Waals surface area contributed by atoms with Crippen LogP contribution in [0.4, 0.5) is 5.69 Å². The summed E-state index contributed by atoms with van der Waals surface area (Å²) in [6.07, 6.45) is 0.996. The highest BCUT2D eigenvalue weighted by Crippen LogP contribution is 2.18. The van der Waals surface area contributed by atoms with Crippen LogP contribution in [0.15, 0.2) is 53.0 Å². The Morgan fingerprint density at radius 2 is 1.88 bits per heavy atom. The lowest BCUT2D eigenvalue weighted by atomic mass is 10.1. The van der Waals surface area contributed by atoms with Crippen molar-refractivity contribution < 1.29 is 14.4 Å². The van der Waals surface area contributed by atoms with Gasteiger partial charge in [-0.3, -0.25) is 14.4 Å². The number of anilines is 1. The Balaban J connectivity index is 1.72. The topological polar surface area (TPSA) is 87.3 Å². The van der Waals surface area contributed by atoms with Gasteiger partial charge in [0.25, 0.3) is 11.8 Å². The van der Waals surface area contributed by atoms with Crippen LogP contribution in [0, 0.1) is 0 Å². The number of benzene rings is 2. The number of para-hydroxylation sites is 1. The molecule has 1 atom stereocenters. The van der Waals surface area contributed by atoms with Gasteiger partial charge in [0.15, 0.2) is 0 Å². The first-order valence-electron chi connectivity index (χ1n) is 8.26. The van der Waals surface area contributed by atoms with E-state index in [1.165, 1.54) is 0 Å². The second kappa shape index (κ2) is 8.14. The maximum Gasteiger partial charge on any atom is 0.255 e. The number of hydrogen-bond donors (Lipinski definition) is 3. The van der Waals surface area contributed by atoms with E-state index in [0.717, 1.165) is 4.47 Å². The van der Waals surface area contributed by atoms with E-state index in [1.54, 1.807) is 42.5 Å². The lowest BCUT2D eigenvalue weighted by molar-refractivity contribution is -0.122. The van der Waals surface area contributed by atoms with Gasteiger partial charge in [0.2, 0.25) is 5.91 Å². The maximum atomic E-state index is 12.6. The van der Waals surface area contributed by atoms with Crippen molar-refractivity contribution in [3.63, 3.8) is 0 Å². The molecule has 7 heteroatoms. The monoisotopic (exact) mass is 415 g/mol. The lowest BCUT2D eigenvalue weighted by Gasteiger charge is -2.24. The largest absolute Gasteiger partial charge is 0.354 e. The summed E-state index contributed by atoms with van der Waals surface area (Å²) >= 11 is 3.34. The van der Waals surface area contributed by atoms with Crippen molar-refractivity contribution in [2.24, 2.45) is 0 Å². The van der Waals surface area contributed by atoms with Gasteiger partial charge in [-0.1, -0.05) is 34.1 Å². The Kier molecular flexibility index (Phi) is 5.68. The van der Waals surface area contributed by atoms with Gasteiger partial charge in [0, 0.05) is 29.0 Å². The minimum Gasteiger partial charge on any atom is -0.354 e. The van der Waals surface area contributed by atoms with Gasteiger partial charge in [-0.2, -0.15) is 0 Å². The van der Waals surface area contributed by atoms with Crippen LogP contribution in [0.3, 0.4) is 0 Å². The molecule has 0 spiro atoms. The highest BCUT2D eigenvalue weighted by molar-refractivity contribution is 9.10. The molecule has 1 fully saturated rings. The third-order valence-corrected chi connectivity index (χ3v) is 4.60. The first kappa shape index (κ1) is 18.1. The second-order valence-corrected chi connectivity index (χ2v) is 6.94. The van der Waals surface area contributed by atoms with E-state index >= 15 is 0 Å². The number of hydrogen-bond acceptors (Lipinski definition) is 3. The van der Waals surface area contributed by atoms with Gasteiger partial charge in [0.05, 0.1) is 11.3 Å². The van der Waals surface area contributed by atoms with Crippen molar-refractivity contribution in [2.45, 2.75) is 18.9 Å². The summed E-state index contributed by atoms with van der Waals surface area (Å²) in [6, 6.07) is 13.8. The first-order chi connectivity index (χ1) is 12.5. The van der Waals surface area contributed by atoms with Gasteiger partial charge >= 0.3 is 0 Å². The van der Waals surface area contributed by atoms with Gasteiger partial charge < -0.3 is 16.0 Å². The van der Waals surface area contributed by atoms with E-state index in [4.69, 9.17) is 0 Å². The van der Waals surface area contributed by atoms with Crippen LogP contribution in [0.5, 0.6) is 0 Å². The summed E-state index contributed by atoms with van der Waals surface area (Å²) in [4.78, 5) is 36.3. The van der Waals surface area contributed by atoms with Crippen molar-refractivity contribution in [3.8, 4) is 0 Å². The predicted molar refractivity (Wildman–Crippen MR) is 102 cm³/mol. The molecule has 6 nitrogen and oxygen atoms in total. The normalized spacial score (nSPS) is 16.5. The average molecular weight is 416 g/mol. The number of piperidine rings is 1. The van der Waals surface area contributed by atoms with Gasteiger partial charge in [-0.05, 0) is 36.8 Å². The minimum atomic E-state index is -0.295. The van der Waals surface area contributed by atoms with E-state index in [-0.39, 0.29) is 23.8 Å². The smallest absolute Gasteiger partial charge is 0.255 e. The highest BCUT2D eigenvalue weighted by atomic mass is 79.9. The molecular weight excluding hydrogens is 398 g/mol. The standard InChI is InChI=1S/C19H18BrN3O3/c20-13-5-3-4-12(10-13)18(25)23-16-7-2-1-6-15(16)19(26)22-14-8-9-17(24)21-11-14/h1-7,10,14H,8-9,11H2,(H,21,24)(H,22,26)(H,23,25). The molecule has 0 aromatic heterocycles.